The van der Waals surface area contributed by atoms with E-state index in [-0.39, 0.29) is 12.3 Å². The molecule has 1 amide bonds. The summed E-state index contributed by atoms with van der Waals surface area (Å²) in [5, 5.41) is 0.915. The Morgan fingerprint density at radius 1 is 0.921 bits per heavy atom. The van der Waals surface area contributed by atoms with E-state index in [2.05, 4.69) is 34.2 Å². The molecule has 1 N–H and O–H groups in total. The fraction of sp³-hybridized carbons (Fsp3) is 0.258. The van der Waals surface area contributed by atoms with Gasteiger partial charge in [0.2, 0.25) is 5.91 Å². The first-order chi connectivity index (χ1) is 18.4. The molecule has 1 saturated heterocycles. The van der Waals surface area contributed by atoms with Gasteiger partial charge in [-0.3, -0.25) is 9.69 Å². The number of benzene rings is 3. The second-order valence-corrected chi connectivity index (χ2v) is 9.66. The maximum absolute atomic E-state index is 13.5. The van der Waals surface area contributed by atoms with Crippen molar-refractivity contribution in [2.45, 2.75) is 18.5 Å². The molecule has 1 atom stereocenters. The zero-order valence-corrected chi connectivity index (χ0v) is 21.0. The Balaban J connectivity index is 1.30. The van der Waals surface area contributed by atoms with E-state index < -0.39 is 17.7 Å². The highest BCUT2D eigenvalue weighted by molar-refractivity contribution is 5.86. The molecule has 1 fully saturated rings. The van der Waals surface area contributed by atoms with Crippen LogP contribution in [0.25, 0.3) is 17.0 Å². The fourth-order valence-corrected chi connectivity index (χ4v) is 5.11. The SMILES string of the molecule is O=C(C[C@H](c1cccc(C(F)(F)F)c1)c1c[nH]c2ccccc12)N1CCN(C/C=C/c2ccccc2)CC1. The third-order valence-corrected chi connectivity index (χ3v) is 7.19. The van der Waals surface area contributed by atoms with Crippen molar-refractivity contribution in [3.05, 3.63) is 113 Å². The number of alkyl halides is 3. The number of nitrogens with zero attached hydrogens (tertiary/aromatic N) is 2. The Hall–Kier alpha value is -3.84. The van der Waals surface area contributed by atoms with Crippen molar-refractivity contribution >= 4 is 22.9 Å². The van der Waals surface area contributed by atoms with Crippen molar-refractivity contribution in [1.82, 2.24) is 14.8 Å². The molecular weight excluding hydrogens is 487 g/mol. The first-order valence-corrected chi connectivity index (χ1v) is 12.8. The van der Waals surface area contributed by atoms with E-state index >= 15 is 0 Å². The number of H-pyrrole nitrogens is 1. The second-order valence-electron chi connectivity index (χ2n) is 9.66. The number of hydrogen-bond donors (Lipinski definition) is 1. The lowest BCUT2D eigenvalue weighted by Gasteiger charge is -2.35. The molecule has 0 radical (unpaired) electrons. The fourth-order valence-electron chi connectivity index (χ4n) is 5.11. The standard InChI is InChI=1S/C31H30F3N3O/c32-31(33,34)25-12-6-11-24(20-25)27(28-22-35-29-14-5-4-13-26(28)29)21-30(38)37-18-16-36(17-19-37)15-7-10-23-8-2-1-3-9-23/h1-14,20,22,27,35H,15-19,21H2/b10-7+/t27-/m1/s1. The van der Waals surface area contributed by atoms with E-state index in [0.29, 0.717) is 18.7 Å². The summed E-state index contributed by atoms with van der Waals surface area (Å²) in [5.74, 6) is -0.537. The van der Waals surface area contributed by atoms with Crippen molar-refractivity contribution in [2.24, 2.45) is 0 Å². The van der Waals surface area contributed by atoms with E-state index in [0.717, 1.165) is 47.7 Å². The molecule has 1 aliphatic heterocycles. The number of aromatic amines is 1. The molecule has 7 heteroatoms. The van der Waals surface area contributed by atoms with E-state index in [1.54, 1.807) is 6.07 Å². The van der Waals surface area contributed by atoms with Gasteiger partial charge in [0.15, 0.2) is 0 Å². The zero-order valence-electron chi connectivity index (χ0n) is 21.0. The number of hydrogen-bond acceptors (Lipinski definition) is 2. The average Bonchev–Trinajstić information content (AvgIpc) is 3.36. The first-order valence-electron chi connectivity index (χ1n) is 12.8. The molecule has 0 saturated carbocycles. The summed E-state index contributed by atoms with van der Waals surface area (Å²) in [6.45, 7) is 3.51. The average molecular weight is 518 g/mol. The van der Waals surface area contributed by atoms with Gasteiger partial charge in [-0.15, -0.1) is 0 Å². The normalized spacial score (nSPS) is 15.8. The number of aromatic nitrogens is 1. The summed E-state index contributed by atoms with van der Waals surface area (Å²) >= 11 is 0. The Bertz CT molecular complexity index is 1400. The van der Waals surface area contributed by atoms with E-state index in [4.69, 9.17) is 0 Å². The van der Waals surface area contributed by atoms with Crippen LogP contribution in [0.5, 0.6) is 0 Å². The van der Waals surface area contributed by atoms with Crippen LogP contribution in [-0.4, -0.2) is 53.4 Å². The third kappa shape index (κ3) is 6.00. The molecule has 0 spiro atoms. The summed E-state index contributed by atoms with van der Waals surface area (Å²) in [5.41, 5.74) is 2.66. The number of carbonyl (C=O) groups excluding carboxylic acids is 1. The summed E-state index contributed by atoms with van der Waals surface area (Å²) in [4.78, 5) is 20.8. The van der Waals surface area contributed by atoms with Gasteiger partial charge in [-0.2, -0.15) is 13.2 Å². The molecule has 0 bridgehead atoms. The van der Waals surface area contributed by atoms with Crippen LogP contribution < -0.4 is 0 Å². The van der Waals surface area contributed by atoms with Crippen molar-refractivity contribution in [2.75, 3.05) is 32.7 Å². The van der Waals surface area contributed by atoms with Crippen LogP contribution in [0.4, 0.5) is 13.2 Å². The lowest BCUT2D eigenvalue weighted by molar-refractivity contribution is -0.137. The Kier molecular flexibility index (Phi) is 7.65. The predicted molar refractivity (Wildman–Crippen MR) is 145 cm³/mol. The van der Waals surface area contributed by atoms with E-state index in [1.807, 2.05) is 53.6 Å². The van der Waals surface area contributed by atoms with Gasteiger partial charge in [0.1, 0.15) is 0 Å². The number of carbonyl (C=O) groups is 1. The van der Waals surface area contributed by atoms with Crippen LogP contribution in [0.1, 0.15) is 34.6 Å². The van der Waals surface area contributed by atoms with Crippen molar-refractivity contribution in [3.63, 3.8) is 0 Å². The second kappa shape index (κ2) is 11.3. The van der Waals surface area contributed by atoms with Gasteiger partial charge in [0.25, 0.3) is 0 Å². The molecule has 4 aromatic rings. The van der Waals surface area contributed by atoms with Crippen LogP contribution in [-0.2, 0) is 11.0 Å². The number of rotatable bonds is 7. The van der Waals surface area contributed by atoms with Crippen LogP contribution in [0.2, 0.25) is 0 Å². The molecule has 196 valence electrons. The van der Waals surface area contributed by atoms with Gasteiger partial charge in [-0.05, 0) is 28.8 Å². The van der Waals surface area contributed by atoms with Gasteiger partial charge < -0.3 is 9.88 Å². The van der Waals surface area contributed by atoms with Gasteiger partial charge in [0.05, 0.1) is 5.56 Å². The third-order valence-electron chi connectivity index (χ3n) is 7.19. The monoisotopic (exact) mass is 517 g/mol. The quantitative estimate of drug-likeness (QED) is 0.301. The van der Waals surface area contributed by atoms with Crippen molar-refractivity contribution in [3.8, 4) is 0 Å². The summed E-state index contributed by atoms with van der Waals surface area (Å²) in [7, 11) is 0. The van der Waals surface area contributed by atoms with Gasteiger partial charge in [-0.1, -0.05) is 78.9 Å². The molecule has 0 unspecified atom stereocenters. The predicted octanol–water partition coefficient (Wildman–Crippen LogP) is 6.57. The molecule has 0 aliphatic carbocycles. The highest BCUT2D eigenvalue weighted by atomic mass is 19.4. The summed E-state index contributed by atoms with van der Waals surface area (Å²) in [6.07, 6.45) is 1.71. The minimum Gasteiger partial charge on any atom is -0.361 e. The summed E-state index contributed by atoms with van der Waals surface area (Å²) in [6, 6.07) is 23.1. The minimum absolute atomic E-state index is 0.0443. The highest BCUT2D eigenvalue weighted by Crippen LogP contribution is 2.37. The van der Waals surface area contributed by atoms with Crippen LogP contribution >= 0.6 is 0 Å². The lowest BCUT2D eigenvalue weighted by Crippen LogP contribution is -2.48. The zero-order chi connectivity index (χ0) is 26.5. The number of fused-ring (bicyclic) bond motifs is 1. The van der Waals surface area contributed by atoms with E-state index in [1.165, 1.54) is 12.1 Å². The molecule has 1 aromatic heterocycles. The van der Waals surface area contributed by atoms with Gasteiger partial charge in [-0.25, -0.2) is 0 Å². The molecular formula is C31H30F3N3O. The topological polar surface area (TPSA) is 39.3 Å². The lowest BCUT2D eigenvalue weighted by atomic mass is 9.87. The Labute approximate surface area is 220 Å². The van der Waals surface area contributed by atoms with Crippen molar-refractivity contribution < 1.29 is 18.0 Å². The smallest absolute Gasteiger partial charge is 0.361 e. The summed E-state index contributed by atoms with van der Waals surface area (Å²) < 4.78 is 40.5. The number of halogens is 3. The number of para-hydroxylation sites is 1. The van der Waals surface area contributed by atoms with Crippen LogP contribution in [0, 0.1) is 0 Å². The largest absolute Gasteiger partial charge is 0.416 e. The first kappa shape index (κ1) is 25.8. The maximum Gasteiger partial charge on any atom is 0.416 e. The van der Waals surface area contributed by atoms with E-state index in [9.17, 15) is 18.0 Å². The van der Waals surface area contributed by atoms with Gasteiger partial charge in [0, 0.05) is 62.2 Å². The van der Waals surface area contributed by atoms with Crippen LogP contribution in [0.15, 0.2) is 91.1 Å². The highest BCUT2D eigenvalue weighted by Gasteiger charge is 2.32. The number of piperazine rings is 1. The molecule has 2 heterocycles. The van der Waals surface area contributed by atoms with Crippen LogP contribution in [0.3, 0.4) is 0 Å². The minimum atomic E-state index is -4.45. The molecule has 1 aliphatic rings. The number of nitrogens with one attached hydrogen (secondary N) is 1. The molecule has 3 aromatic carbocycles. The van der Waals surface area contributed by atoms with Gasteiger partial charge >= 0.3 is 6.18 Å². The molecule has 4 nitrogen and oxygen atoms in total. The Morgan fingerprint density at radius 2 is 1.66 bits per heavy atom. The molecule has 38 heavy (non-hydrogen) atoms. The Morgan fingerprint density at radius 3 is 2.42 bits per heavy atom. The molecule has 5 rings (SSSR count). The number of amides is 1. The maximum atomic E-state index is 13.5. The van der Waals surface area contributed by atoms with Crippen molar-refractivity contribution in [1.29, 1.82) is 0 Å².